The zero-order valence-corrected chi connectivity index (χ0v) is 17.7. The molecule has 5 nitrogen and oxygen atoms in total. The summed E-state index contributed by atoms with van der Waals surface area (Å²) in [6.45, 7) is 9.48. The molecule has 6 heteroatoms. The summed E-state index contributed by atoms with van der Waals surface area (Å²) in [6, 6.07) is 10.1. The van der Waals surface area contributed by atoms with Crippen molar-refractivity contribution in [2.75, 3.05) is 25.5 Å². The molecule has 2 aliphatic heterocycles. The van der Waals surface area contributed by atoms with Crippen molar-refractivity contribution in [1.29, 1.82) is 0 Å². The van der Waals surface area contributed by atoms with Gasteiger partial charge in [0.15, 0.2) is 0 Å². The fraction of sp³-hybridized carbons (Fsp3) is 0.391. The first kappa shape index (κ1) is 19.5. The number of hydrogen-bond donors (Lipinski definition) is 1. The van der Waals surface area contributed by atoms with Crippen LogP contribution in [0.1, 0.15) is 35.3 Å². The second-order valence-corrected chi connectivity index (χ2v) is 8.95. The van der Waals surface area contributed by atoms with Gasteiger partial charge in [0.1, 0.15) is 5.00 Å². The highest BCUT2D eigenvalue weighted by molar-refractivity contribution is 7.16. The van der Waals surface area contributed by atoms with Gasteiger partial charge in [0.2, 0.25) is 0 Å². The molecule has 150 valence electrons. The molecule has 0 spiro atoms. The van der Waals surface area contributed by atoms with Gasteiger partial charge in [-0.25, -0.2) is 4.79 Å². The number of methoxy groups -OCH3 is 1. The monoisotopic (exact) mass is 408 g/mol. The van der Waals surface area contributed by atoms with Crippen molar-refractivity contribution in [2.24, 2.45) is 5.92 Å². The number of piperidine rings is 1. The number of likely N-dealkylation sites (tertiary alicyclic amines) is 1. The second kappa shape index (κ2) is 8.30. The lowest BCUT2D eigenvalue weighted by Crippen LogP contribution is -2.34. The Morgan fingerprint density at radius 2 is 2.14 bits per heavy atom. The third kappa shape index (κ3) is 4.01. The topological polar surface area (TPSA) is 45.9 Å². The molecule has 0 amide bonds. The van der Waals surface area contributed by atoms with Crippen molar-refractivity contribution in [3.8, 4) is 6.57 Å². The molecule has 4 rings (SSSR count). The van der Waals surface area contributed by atoms with E-state index in [9.17, 15) is 4.79 Å². The van der Waals surface area contributed by atoms with E-state index in [4.69, 9.17) is 11.3 Å². The lowest BCUT2D eigenvalue weighted by Gasteiger charge is -2.35. The predicted octanol–water partition coefficient (Wildman–Crippen LogP) is 5.22. The van der Waals surface area contributed by atoms with Crippen LogP contribution in [0.25, 0.3) is 16.6 Å². The van der Waals surface area contributed by atoms with Gasteiger partial charge in [0.05, 0.1) is 7.11 Å². The van der Waals surface area contributed by atoms with Crippen LogP contribution in [-0.4, -0.2) is 37.1 Å². The van der Waals surface area contributed by atoms with Crippen LogP contribution in [0.4, 0.5) is 10.7 Å². The van der Waals surface area contributed by atoms with Crippen molar-refractivity contribution < 1.29 is 9.53 Å². The van der Waals surface area contributed by atoms with Gasteiger partial charge >= 0.3 is 12.0 Å². The summed E-state index contributed by atoms with van der Waals surface area (Å²) < 4.78 is 4.81. The van der Waals surface area contributed by atoms with Crippen LogP contribution >= 0.6 is 11.3 Å². The number of benzene rings is 1. The van der Waals surface area contributed by atoms with E-state index in [1.54, 1.807) is 11.3 Å². The van der Waals surface area contributed by atoms with E-state index in [1.165, 1.54) is 33.8 Å². The number of aryl methyl sites for hydroxylation is 1. The third-order valence-corrected chi connectivity index (χ3v) is 6.76. The van der Waals surface area contributed by atoms with Gasteiger partial charge in [-0.3, -0.25) is 0 Å². The van der Waals surface area contributed by atoms with Crippen LogP contribution in [0, 0.1) is 19.4 Å². The minimum absolute atomic E-state index is 0.345. The minimum atomic E-state index is -0.559. The molecular weight excluding hydrogens is 382 g/mol. The van der Waals surface area contributed by atoms with E-state index in [2.05, 4.69) is 58.4 Å². The molecule has 2 aliphatic rings. The number of hydrogen-bond acceptors (Lipinski definition) is 5. The average molecular weight is 409 g/mol. The van der Waals surface area contributed by atoms with Crippen LogP contribution in [0.3, 0.4) is 0 Å². The van der Waals surface area contributed by atoms with Gasteiger partial charge < -0.3 is 15.0 Å². The Morgan fingerprint density at radius 3 is 2.86 bits per heavy atom. The third-order valence-electron chi connectivity index (χ3n) is 5.80. The Bertz CT molecular complexity index is 980. The number of anilines is 2. The van der Waals surface area contributed by atoms with E-state index in [0.717, 1.165) is 31.6 Å². The Morgan fingerprint density at radius 1 is 1.38 bits per heavy atom. The summed E-state index contributed by atoms with van der Waals surface area (Å²) in [7, 11) is 1.38. The largest absolute Gasteiger partial charge is 0.463 e. The number of carbonyl (C=O) groups excluding carboxylic acids is 1. The van der Waals surface area contributed by atoms with Gasteiger partial charge in [-0.1, -0.05) is 23.0 Å². The first-order valence-corrected chi connectivity index (χ1v) is 10.8. The first-order chi connectivity index (χ1) is 14.1. The maximum atomic E-state index is 11.8. The molecule has 1 N–H and O–H groups in total. The number of nitrogens with one attached hydrogen (secondary N) is 1. The van der Waals surface area contributed by atoms with Gasteiger partial charge in [-0.05, 0) is 43.9 Å². The van der Waals surface area contributed by atoms with Gasteiger partial charge in [0.25, 0.3) is 6.57 Å². The van der Waals surface area contributed by atoms with E-state index in [-0.39, 0.29) is 5.97 Å². The number of esters is 1. The normalized spacial score (nSPS) is 17.1. The Kier molecular flexibility index (Phi) is 5.59. The quantitative estimate of drug-likeness (QED) is 0.705. The number of ether oxygens (including phenoxy) is 1. The molecular formula is C23H26N3O2S+. The molecule has 1 fully saturated rings. The molecule has 29 heavy (non-hydrogen) atoms. The molecule has 1 saturated heterocycles. The standard InChI is InChI=1S/C23H26N3O2S/c1-15-12-18-21(14-17-6-4-5-7-19(17)25-22(18)29-15)26-10-8-16(9-11-26)13-20(24-2)23(27)28-3/h2,4-7,12,14,16,20,25H,8-11,13H2,1,3H3/q+1. The molecule has 1 aromatic carbocycles. The van der Waals surface area contributed by atoms with Crippen molar-refractivity contribution in [3.05, 3.63) is 51.2 Å². The highest BCUT2D eigenvalue weighted by Crippen LogP contribution is 2.42. The number of para-hydroxylation sites is 1. The molecule has 1 aromatic heterocycles. The Hall–Kier alpha value is -2.78. The lowest BCUT2D eigenvalue weighted by molar-refractivity contribution is -0.141. The summed E-state index contributed by atoms with van der Waals surface area (Å²) >= 11 is 1.80. The SMILES string of the molecule is C#[N+]C(CC1CCN(C2=Cc3ccccc3Nc3sc(C)cc32)CC1)C(=O)OC. The molecule has 1 unspecified atom stereocenters. The van der Waals surface area contributed by atoms with Crippen molar-refractivity contribution >= 4 is 39.8 Å². The molecule has 0 bridgehead atoms. The van der Waals surface area contributed by atoms with Crippen LogP contribution in [0.5, 0.6) is 0 Å². The molecule has 1 atom stereocenters. The van der Waals surface area contributed by atoms with E-state index < -0.39 is 6.04 Å². The number of rotatable bonds is 4. The first-order valence-electron chi connectivity index (χ1n) is 10.0. The summed E-state index contributed by atoms with van der Waals surface area (Å²) in [6.07, 6.45) is 4.97. The van der Waals surface area contributed by atoms with Gasteiger partial charge in [-0.2, -0.15) is 0 Å². The smallest absolute Gasteiger partial charge is 0.394 e. The maximum Gasteiger partial charge on any atom is 0.394 e. The average Bonchev–Trinajstić information content (AvgIpc) is 3.03. The zero-order valence-electron chi connectivity index (χ0n) is 16.9. The summed E-state index contributed by atoms with van der Waals surface area (Å²) in [5, 5.41) is 4.82. The number of nitrogens with zero attached hydrogens (tertiary/aromatic N) is 2. The van der Waals surface area contributed by atoms with Crippen molar-refractivity contribution in [1.82, 2.24) is 4.90 Å². The van der Waals surface area contributed by atoms with Gasteiger partial charge in [-0.15, -0.1) is 11.3 Å². The molecule has 0 aliphatic carbocycles. The molecule has 0 saturated carbocycles. The predicted molar refractivity (Wildman–Crippen MR) is 120 cm³/mol. The molecule has 0 radical (unpaired) electrons. The van der Waals surface area contributed by atoms with E-state index in [1.807, 2.05) is 0 Å². The van der Waals surface area contributed by atoms with Crippen molar-refractivity contribution in [2.45, 2.75) is 32.2 Å². The molecule has 2 aromatic rings. The van der Waals surface area contributed by atoms with E-state index >= 15 is 0 Å². The van der Waals surface area contributed by atoms with Crippen molar-refractivity contribution in [3.63, 3.8) is 0 Å². The van der Waals surface area contributed by atoms with Crippen LogP contribution < -0.4 is 5.32 Å². The summed E-state index contributed by atoms with van der Waals surface area (Å²) in [5.74, 6) is 0.0746. The minimum Gasteiger partial charge on any atom is -0.463 e. The highest BCUT2D eigenvalue weighted by atomic mass is 32.1. The fourth-order valence-corrected chi connectivity index (χ4v) is 5.16. The number of carbonyl (C=O) groups is 1. The van der Waals surface area contributed by atoms with Crippen LogP contribution in [-0.2, 0) is 9.53 Å². The highest BCUT2D eigenvalue weighted by Gasteiger charge is 2.34. The number of thiophene rings is 1. The molecule has 3 heterocycles. The maximum absolute atomic E-state index is 11.8. The number of fused-ring (bicyclic) bond motifs is 2. The van der Waals surface area contributed by atoms with Crippen LogP contribution in [0.2, 0.25) is 0 Å². The Labute approximate surface area is 175 Å². The fourth-order valence-electron chi connectivity index (χ4n) is 4.22. The summed E-state index contributed by atoms with van der Waals surface area (Å²) in [4.78, 5) is 19.3. The Balaban J connectivity index is 1.54. The van der Waals surface area contributed by atoms with Crippen LogP contribution in [0.15, 0.2) is 30.3 Å². The second-order valence-electron chi connectivity index (χ2n) is 7.70. The van der Waals surface area contributed by atoms with E-state index in [0.29, 0.717) is 12.3 Å². The zero-order chi connectivity index (χ0) is 20.4. The lowest BCUT2D eigenvalue weighted by atomic mass is 9.89. The summed E-state index contributed by atoms with van der Waals surface area (Å²) in [5.41, 5.74) is 4.89. The van der Waals surface area contributed by atoms with Gasteiger partial charge in [0, 0.05) is 46.9 Å².